The monoisotopic (exact) mass is 466 g/mol. The summed E-state index contributed by atoms with van der Waals surface area (Å²) in [6.07, 6.45) is 1.50. The standard InChI is InChI=1S/C25H20Cl2N2O3/c1-31-22-10-6-17(7-11-22)15-29-25(30)20(14-28)12-18-4-2-3-5-24(18)32-16-19-8-9-21(26)13-23(19)27/h2-13H,15-16H2,1H3,(H,29,30)/b20-12+. The zero-order valence-corrected chi connectivity index (χ0v) is 18.8. The van der Waals surface area contributed by atoms with Crippen LogP contribution in [0, 0.1) is 11.3 Å². The van der Waals surface area contributed by atoms with E-state index in [0.717, 1.165) is 16.9 Å². The largest absolute Gasteiger partial charge is 0.497 e. The Morgan fingerprint density at radius 3 is 2.53 bits per heavy atom. The Balaban J connectivity index is 1.70. The second kappa shape index (κ2) is 11.2. The number of amides is 1. The minimum Gasteiger partial charge on any atom is -0.497 e. The quantitative estimate of drug-likeness (QED) is 0.336. The average Bonchev–Trinajstić information content (AvgIpc) is 2.81. The first-order chi connectivity index (χ1) is 15.5. The van der Waals surface area contributed by atoms with Gasteiger partial charge in [-0.1, -0.05) is 59.6 Å². The second-order valence-corrected chi connectivity index (χ2v) is 7.61. The van der Waals surface area contributed by atoms with Gasteiger partial charge in [0, 0.05) is 27.7 Å². The minimum absolute atomic E-state index is 0.0286. The Kier molecular flexibility index (Phi) is 8.15. The minimum atomic E-state index is -0.473. The number of nitrogens with one attached hydrogen (secondary N) is 1. The summed E-state index contributed by atoms with van der Waals surface area (Å²) < 4.78 is 11.0. The van der Waals surface area contributed by atoms with Gasteiger partial charge in [0.2, 0.25) is 0 Å². The summed E-state index contributed by atoms with van der Waals surface area (Å²) >= 11 is 12.1. The molecule has 0 radical (unpaired) electrons. The molecule has 32 heavy (non-hydrogen) atoms. The van der Waals surface area contributed by atoms with E-state index in [1.54, 1.807) is 43.5 Å². The number of hydrogen-bond acceptors (Lipinski definition) is 4. The summed E-state index contributed by atoms with van der Waals surface area (Å²) in [6.45, 7) is 0.501. The van der Waals surface area contributed by atoms with Crippen molar-refractivity contribution in [2.75, 3.05) is 7.11 Å². The Morgan fingerprint density at radius 2 is 1.84 bits per heavy atom. The second-order valence-electron chi connectivity index (χ2n) is 6.76. The number of nitrogens with zero attached hydrogens (tertiary/aromatic N) is 1. The summed E-state index contributed by atoms with van der Waals surface area (Å²) in [6, 6.07) is 21.6. The molecular weight excluding hydrogens is 447 g/mol. The van der Waals surface area contributed by atoms with E-state index in [1.807, 2.05) is 36.4 Å². The normalized spacial score (nSPS) is 10.9. The van der Waals surface area contributed by atoms with Gasteiger partial charge in [-0.2, -0.15) is 5.26 Å². The fraction of sp³-hybridized carbons (Fsp3) is 0.120. The van der Waals surface area contributed by atoms with Gasteiger partial charge in [-0.05, 0) is 42.0 Å². The average molecular weight is 467 g/mol. The van der Waals surface area contributed by atoms with Crippen LogP contribution in [0.1, 0.15) is 16.7 Å². The molecule has 7 heteroatoms. The van der Waals surface area contributed by atoms with Crippen LogP contribution in [-0.4, -0.2) is 13.0 Å². The molecule has 0 fully saturated rings. The van der Waals surface area contributed by atoms with E-state index < -0.39 is 5.91 Å². The number of para-hydroxylation sites is 1. The number of nitriles is 1. The van der Waals surface area contributed by atoms with Crippen LogP contribution >= 0.6 is 23.2 Å². The number of halogens is 2. The highest BCUT2D eigenvalue weighted by Crippen LogP contribution is 2.25. The van der Waals surface area contributed by atoms with Crippen molar-refractivity contribution in [3.63, 3.8) is 0 Å². The van der Waals surface area contributed by atoms with Crippen molar-refractivity contribution in [3.05, 3.63) is 99.0 Å². The van der Waals surface area contributed by atoms with E-state index in [-0.39, 0.29) is 18.7 Å². The van der Waals surface area contributed by atoms with E-state index in [4.69, 9.17) is 32.7 Å². The number of methoxy groups -OCH3 is 1. The smallest absolute Gasteiger partial charge is 0.262 e. The summed E-state index contributed by atoms with van der Waals surface area (Å²) in [5.41, 5.74) is 2.24. The van der Waals surface area contributed by atoms with Gasteiger partial charge in [0.25, 0.3) is 5.91 Å². The van der Waals surface area contributed by atoms with E-state index in [2.05, 4.69) is 5.32 Å². The molecule has 3 aromatic rings. The van der Waals surface area contributed by atoms with Crippen LogP contribution in [0.5, 0.6) is 11.5 Å². The first-order valence-electron chi connectivity index (χ1n) is 9.69. The highest BCUT2D eigenvalue weighted by atomic mass is 35.5. The van der Waals surface area contributed by atoms with E-state index in [1.165, 1.54) is 6.08 Å². The van der Waals surface area contributed by atoms with Crippen molar-refractivity contribution in [1.29, 1.82) is 5.26 Å². The van der Waals surface area contributed by atoms with Gasteiger partial charge >= 0.3 is 0 Å². The molecule has 1 N–H and O–H groups in total. The van der Waals surface area contributed by atoms with Crippen LogP contribution in [-0.2, 0) is 17.9 Å². The van der Waals surface area contributed by atoms with Crippen molar-refractivity contribution < 1.29 is 14.3 Å². The van der Waals surface area contributed by atoms with Crippen molar-refractivity contribution in [2.24, 2.45) is 0 Å². The number of ether oxygens (including phenoxy) is 2. The number of carbonyl (C=O) groups excluding carboxylic acids is 1. The van der Waals surface area contributed by atoms with Crippen LogP contribution in [0.2, 0.25) is 10.0 Å². The number of hydrogen-bond donors (Lipinski definition) is 1. The molecular formula is C25H20Cl2N2O3. The van der Waals surface area contributed by atoms with E-state index in [9.17, 15) is 10.1 Å². The van der Waals surface area contributed by atoms with Gasteiger partial charge in [0.15, 0.2) is 0 Å². The zero-order chi connectivity index (χ0) is 22.9. The lowest BCUT2D eigenvalue weighted by Gasteiger charge is -2.11. The molecule has 0 saturated heterocycles. The van der Waals surface area contributed by atoms with Crippen LogP contribution < -0.4 is 14.8 Å². The predicted molar refractivity (Wildman–Crippen MR) is 126 cm³/mol. The Hall–Kier alpha value is -3.46. The number of benzene rings is 3. The predicted octanol–water partition coefficient (Wildman–Crippen LogP) is 5.80. The third-order valence-electron chi connectivity index (χ3n) is 4.59. The maximum atomic E-state index is 12.5. The lowest BCUT2D eigenvalue weighted by Crippen LogP contribution is -2.23. The first kappa shape index (κ1) is 23.2. The first-order valence-corrected chi connectivity index (χ1v) is 10.4. The maximum Gasteiger partial charge on any atom is 0.262 e. The molecule has 162 valence electrons. The fourth-order valence-corrected chi connectivity index (χ4v) is 3.31. The molecule has 5 nitrogen and oxygen atoms in total. The molecule has 0 saturated carbocycles. The SMILES string of the molecule is COc1ccc(CNC(=O)/C(C#N)=C/c2ccccc2OCc2ccc(Cl)cc2Cl)cc1. The van der Waals surface area contributed by atoms with Gasteiger partial charge in [-0.3, -0.25) is 4.79 Å². The summed E-state index contributed by atoms with van der Waals surface area (Å²) in [7, 11) is 1.59. The van der Waals surface area contributed by atoms with Gasteiger partial charge < -0.3 is 14.8 Å². The van der Waals surface area contributed by atoms with Gasteiger partial charge in [0.1, 0.15) is 29.7 Å². The van der Waals surface area contributed by atoms with E-state index >= 15 is 0 Å². The molecule has 0 unspecified atom stereocenters. The third-order valence-corrected chi connectivity index (χ3v) is 5.18. The zero-order valence-electron chi connectivity index (χ0n) is 17.3. The molecule has 0 spiro atoms. The summed E-state index contributed by atoms with van der Waals surface area (Å²) in [5.74, 6) is 0.780. The van der Waals surface area contributed by atoms with Crippen molar-refractivity contribution in [1.82, 2.24) is 5.32 Å². The Bertz CT molecular complexity index is 1170. The molecule has 0 bridgehead atoms. The van der Waals surface area contributed by atoms with Crippen molar-refractivity contribution >= 4 is 35.2 Å². The molecule has 3 aromatic carbocycles. The van der Waals surface area contributed by atoms with Crippen molar-refractivity contribution in [2.45, 2.75) is 13.2 Å². The Morgan fingerprint density at radius 1 is 1.09 bits per heavy atom. The van der Waals surface area contributed by atoms with Gasteiger partial charge in [-0.15, -0.1) is 0 Å². The molecule has 0 aliphatic rings. The lowest BCUT2D eigenvalue weighted by molar-refractivity contribution is -0.117. The van der Waals surface area contributed by atoms with Crippen molar-refractivity contribution in [3.8, 4) is 17.6 Å². The summed E-state index contributed by atoms with van der Waals surface area (Å²) in [4.78, 5) is 12.5. The van der Waals surface area contributed by atoms with E-state index in [0.29, 0.717) is 21.4 Å². The Labute approximate surface area is 196 Å². The van der Waals surface area contributed by atoms with Gasteiger partial charge in [-0.25, -0.2) is 0 Å². The molecule has 0 aromatic heterocycles. The third kappa shape index (κ3) is 6.27. The highest BCUT2D eigenvalue weighted by Gasteiger charge is 2.11. The molecule has 0 heterocycles. The highest BCUT2D eigenvalue weighted by molar-refractivity contribution is 6.35. The molecule has 0 aliphatic heterocycles. The molecule has 0 aliphatic carbocycles. The molecule has 0 atom stereocenters. The van der Waals surface area contributed by atoms with Crippen LogP contribution in [0.25, 0.3) is 6.08 Å². The topological polar surface area (TPSA) is 71.3 Å². The molecule has 3 rings (SSSR count). The fourth-order valence-electron chi connectivity index (χ4n) is 2.85. The van der Waals surface area contributed by atoms with Crippen LogP contribution in [0.4, 0.5) is 0 Å². The lowest BCUT2D eigenvalue weighted by atomic mass is 10.1. The maximum absolute atomic E-state index is 12.5. The summed E-state index contributed by atoms with van der Waals surface area (Å²) in [5, 5.41) is 13.3. The number of rotatable bonds is 8. The number of carbonyl (C=O) groups is 1. The van der Waals surface area contributed by atoms with Crippen LogP contribution in [0.15, 0.2) is 72.3 Å². The molecule has 1 amide bonds. The van der Waals surface area contributed by atoms with Crippen LogP contribution in [0.3, 0.4) is 0 Å². The van der Waals surface area contributed by atoms with Gasteiger partial charge in [0.05, 0.1) is 7.11 Å².